The fourth-order valence-electron chi connectivity index (χ4n) is 3.59. The van der Waals surface area contributed by atoms with Gasteiger partial charge in [0.1, 0.15) is 11.4 Å². The third kappa shape index (κ3) is 4.36. The van der Waals surface area contributed by atoms with Crippen LogP contribution in [0.5, 0.6) is 5.75 Å². The van der Waals surface area contributed by atoms with Gasteiger partial charge in [0.05, 0.1) is 6.04 Å². The van der Waals surface area contributed by atoms with E-state index in [2.05, 4.69) is 10.4 Å². The first-order chi connectivity index (χ1) is 13.8. The standard InChI is InChI=1S/C21H26N4O4/c1-21(2,3)29-20(27)24-10-8-15(13-24)25-11-9-18(23-25)22-19(26)17-12-14-6-4-5-7-16(14)28-17/h4-7,9,11,15,17H,8,10,12-13H2,1-3H3,(H,22,23,26). The van der Waals surface area contributed by atoms with Gasteiger partial charge in [0.2, 0.25) is 0 Å². The van der Waals surface area contributed by atoms with Crippen molar-refractivity contribution in [3.05, 3.63) is 42.1 Å². The fourth-order valence-corrected chi connectivity index (χ4v) is 3.59. The van der Waals surface area contributed by atoms with E-state index in [4.69, 9.17) is 9.47 Å². The quantitative estimate of drug-likeness (QED) is 0.859. The molecule has 0 aliphatic carbocycles. The predicted molar refractivity (Wildman–Crippen MR) is 107 cm³/mol. The summed E-state index contributed by atoms with van der Waals surface area (Å²) in [5, 5.41) is 7.30. The monoisotopic (exact) mass is 398 g/mol. The normalized spacial score (nSPS) is 20.9. The van der Waals surface area contributed by atoms with Gasteiger partial charge in [-0.1, -0.05) is 18.2 Å². The Labute approximate surface area is 169 Å². The van der Waals surface area contributed by atoms with Crippen LogP contribution in [0.25, 0.3) is 0 Å². The van der Waals surface area contributed by atoms with E-state index in [1.54, 1.807) is 15.6 Å². The van der Waals surface area contributed by atoms with Crippen LogP contribution in [-0.2, 0) is 16.0 Å². The predicted octanol–water partition coefficient (Wildman–Crippen LogP) is 3.01. The Morgan fingerprint density at radius 1 is 1.24 bits per heavy atom. The van der Waals surface area contributed by atoms with Crippen molar-refractivity contribution >= 4 is 17.8 Å². The fraction of sp³-hybridized carbons (Fsp3) is 0.476. The number of rotatable bonds is 3. The number of fused-ring (bicyclic) bond motifs is 1. The van der Waals surface area contributed by atoms with Gasteiger partial charge in [-0.3, -0.25) is 9.48 Å². The summed E-state index contributed by atoms with van der Waals surface area (Å²) in [6, 6.07) is 9.48. The summed E-state index contributed by atoms with van der Waals surface area (Å²) in [5.41, 5.74) is 0.520. The molecule has 0 saturated carbocycles. The molecule has 1 saturated heterocycles. The van der Waals surface area contributed by atoms with Crippen LogP contribution in [0.4, 0.5) is 10.6 Å². The van der Waals surface area contributed by atoms with Crippen molar-refractivity contribution in [1.82, 2.24) is 14.7 Å². The average molecular weight is 398 g/mol. The molecule has 1 aromatic carbocycles. The molecule has 1 N–H and O–H groups in total. The summed E-state index contributed by atoms with van der Waals surface area (Å²) in [6.45, 7) is 6.72. The number of likely N-dealkylation sites (tertiary alicyclic amines) is 1. The Morgan fingerprint density at radius 3 is 2.79 bits per heavy atom. The van der Waals surface area contributed by atoms with Gasteiger partial charge in [0, 0.05) is 31.8 Å². The van der Waals surface area contributed by atoms with E-state index in [1.807, 2.05) is 51.2 Å². The summed E-state index contributed by atoms with van der Waals surface area (Å²) >= 11 is 0. The Morgan fingerprint density at radius 2 is 2.03 bits per heavy atom. The molecule has 1 fully saturated rings. The molecule has 8 heteroatoms. The first-order valence-electron chi connectivity index (χ1n) is 9.87. The number of nitrogens with zero attached hydrogens (tertiary/aromatic N) is 3. The number of anilines is 1. The van der Waals surface area contributed by atoms with Crippen LogP contribution in [-0.4, -0.2) is 51.5 Å². The number of amides is 2. The van der Waals surface area contributed by atoms with Crippen LogP contribution in [0.3, 0.4) is 0 Å². The molecular formula is C21H26N4O4. The van der Waals surface area contributed by atoms with Crippen molar-refractivity contribution < 1.29 is 19.1 Å². The van der Waals surface area contributed by atoms with Gasteiger partial charge < -0.3 is 19.7 Å². The lowest BCUT2D eigenvalue weighted by Gasteiger charge is -2.24. The molecule has 154 valence electrons. The Balaban J connectivity index is 1.32. The number of hydrogen-bond donors (Lipinski definition) is 1. The minimum Gasteiger partial charge on any atom is -0.480 e. The number of benzene rings is 1. The molecule has 0 spiro atoms. The summed E-state index contributed by atoms with van der Waals surface area (Å²) in [5.74, 6) is 1.02. The van der Waals surface area contributed by atoms with Crippen LogP contribution in [0.15, 0.2) is 36.5 Å². The van der Waals surface area contributed by atoms with Crippen molar-refractivity contribution in [3.63, 3.8) is 0 Å². The summed E-state index contributed by atoms with van der Waals surface area (Å²) in [7, 11) is 0. The highest BCUT2D eigenvalue weighted by atomic mass is 16.6. The number of hydrogen-bond acceptors (Lipinski definition) is 5. The molecule has 2 amide bonds. The second kappa shape index (κ2) is 7.42. The third-order valence-corrected chi connectivity index (χ3v) is 4.99. The average Bonchev–Trinajstić information content (AvgIpc) is 3.38. The number of carbonyl (C=O) groups is 2. The zero-order valence-corrected chi connectivity index (χ0v) is 16.9. The number of ether oxygens (including phenoxy) is 2. The molecule has 0 radical (unpaired) electrons. The molecule has 2 atom stereocenters. The first kappa shape index (κ1) is 19.3. The number of nitrogens with one attached hydrogen (secondary N) is 1. The highest BCUT2D eigenvalue weighted by molar-refractivity contribution is 5.94. The summed E-state index contributed by atoms with van der Waals surface area (Å²) in [6.07, 6.45) is 2.31. The first-order valence-corrected chi connectivity index (χ1v) is 9.87. The van der Waals surface area contributed by atoms with E-state index >= 15 is 0 Å². The maximum atomic E-state index is 12.5. The highest BCUT2D eigenvalue weighted by Gasteiger charge is 2.32. The van der Waals surface area contributed by atoms with Crippen molar-refractivity contribution in [3.8, 4) is 5.75 Å². The van der Waals surface area contributed by atoms with E-state index in [1.165, 1.54) is 0 Å². The number of carbonyl (C=O) groups excluding carboxylic acids is 2. The number of aromatic nitrogens is 2. The molecule has 4 rings (SSSR count). The van der Waals surface area contributed by atoms with E-state index < -0.39 is 11.7 Å². The molecule has 2 aliphatic heterocycles. The Bertz CT molecular complexity index is 892. The van der Waals surface area contributed by atoms with Crippen LogP contribution < -0.4 is 10.1 Å². The molecule has 2 aliphatic rings. The van der Waals surface area contributed by atoms with Crippen molar-refractivity contribution in [2.45, 2.75) is 51.4 Å². The van der Waals surface area contributed by atoms with Gasteiger partial charge in [0.25, 0.3) is 5.91 Å². The SMILES string of the molecule is CC(C)(C)OC(=O)N1CCC(n2ccc(NC(=O)C3Cc4ccccc4O3)n2)C1. The molecular weight excluding hydrogens is 372 g/mol. The van der Waals surface area contributed by atoms with E-state index in [9.17, 15) is 9.59 Å². The van der Waals surface area contributed by atoms with Crippen LogP contribution >= 0.6 is 0 Å². The topological polar surface area (TPSA) is 85.7 Å². The van der Waals surface area contributed by atoms with Gasteiger partial charge in [-0.25, -0.2) is 4.79 Å². The van der Waals surface area contributed by atoms with Crippen LogP contribution in [0.2, 0.25) is 0 Å². The van der Waals surface area contributed by atoms with Crippen LogP contribution in [0.1, 0.15) is 38.8 Å². The lowest BCUT2D eigenvalue weighted by molar-refractivity contribution is -0.122. The largest absolute Gasteiger partial charge is 0.480 e. The zero-order chi connectivity index (χ0) is 20.6. The molecule has 2 aromatic rings. The second-order valence-electron chi connectivity index (χ2n) is 8.46. The van der Waals surface area contributed by atoms with E-state index in [0.29, 0.717) is 25.3 Å². The summed E-state index contributed by atoms with van der Waals surface area (Å²) in [4.78, 5) is 26.5. The lowest BCUT2D eigenvalue weighted by atomic mass is 10.1. The zero-order valence-electron chi connectivity index (χ0n) is 16.9. The third-order valence-electron chi connectivity index (χ3n) is 4.99. The van der Waals surface area contributed by atoms with Gasteiger partial charge in [-0.2, -0.15) is 5.10 Å². The summed E-state index contributed by atoms with van der Waals surface area (Å²) < 4.78 is 13.0. The van der Waals surface area contributed by atoms with Crippen LogP contribution in [0, 0.1) is 0 Å². The van der Waals surface area contributed by atoms with E-state index in [-0.39, 0.29) is 18.0 Å². The second-order valence-corrected chi connectivity index (χ2v) is 8.46. The molecule has 2 unspecified atom stereocenters. The Hall–Kier alpha value is -3.03. The minimum atomic E-state index is -0.549. The maximum absolute atomic E-state index is 12.5. The maximum Gasteiger partial charge on any atom is 0.410 e. The molecule has 8 nitrogen and oxygen atoms in total. The van der Waals surface area contributed by atoms with Gasteiger partial charge in [-0.15, -0.1) is 0 Å². The van der Waals surface area contributed by atoms with Crippen molar-refractivity contribution in [2.24, 2.45) is 0 Å². The molecule has 3 heterocycles. The highest BCUT2D eigenvalue weighted by Crippen LogP contribution is 2.29. The van der Waals surface area contributed by atoms with Gasteiger partial charge in [0.15, 0.2) is 11.9 Å². The minimum absolute atomic E-state index is 0.0557. The molecule has 29 heavy (non-hydrogen) atoms. The Kier molecular flexibility index (Phi) is 4.94. The molecule has 1 aromatic heterocycles. The van der Waals surface area contributed by atoms with Crippen molar-refractivity contribution in [2.75, 3.05) is 18.4 Å². The number of para-hydroxylation sites is 1. The van der Waals surface area contributed by atoms with Gasteiger partial charge in [-0.05, 0) is 38.8 Å². The smallest absolute Gasteiger partial charge is 0.410 e. The van der Waals surface area contributed by atoms with Gasteiger partial charge >= 0.3 is 6.09 Å². The molecule has 0 bridgehead atoms. The van der Waals surface area contributed by atoms with E-state index in [0.717, 1.165) is 17.7 Å². The van der Waals surface area contributed by atoms with Crippen molar-refractivity contribution in [1.29, 1.82) is 0 Å². The lowest BCUT2D eigenvalue weighted by Crippen LogP contribution is -2.35.